The van der Waals surface area contributed by atoms with E-state index in [1.165, 1.54) is 0 Å². The molecule has 11 nitrogen and oxygen atoms in total. The van der Waals surface area contributed by atoms with E-state index >= 15 is 0 Å². The summed E-state index contributed by atoms with van der Waals surface area (Å²) in [6, 6.07) is 3.28. The van der Waals surface area contributed by atoms with Crippen LogP contribution < -0.4 is 21.7 Å². The van der Waals surface area contributed by atoms with Crippen molar-refractivity contribution in [3.63, 3.8) is 0 Å². The molecule has 5 rings (SSSR count). The van der Waals surface area contributed by atoms with E-state index < -0.39 is 18.1 Å². The van der Waals surface area contributed by atoms with E-state index in [0.717, 1.165) is 32.2 Å². The highest BCUT2D eigenvalue weighted by atomic mass is 35.5. The lowest BCUT2D eigenvalue weighted by molar-refractivity contribution is 0.0481. The summed E-state index contributed by atoms with van der Waals surface area (Å²) in [5.41, 5.74) is 12.3. The first-order valence-electron chi connectivity index (χ1n) is 13.7. The van der Waals surface area contributed by atoms with E-state index in [1.807, 2.05) is 4.90 Å². The highest BCUT2D eigenvalue weighted by Gasteiger charge is 2.40. The highest BCUT2D eigenvalue weighted by Crippen LogP contribution is 2.31. The van der Waals surface area contributed by atoms with Crippen LogP contribution in [0.2, 0.25) is 10.3 Å². The monoisotopic (exact) mass is 593 g/mol. The number of carbonyl (C=O) groups is 2. The van der Waals surface area contributed by atoms with Crippen LogP contribution in [0.1, 0.15) is 59.9 Å². The van der Waals surface area contributed by atoms with E-state index in [9.17, 15) is 14.0 Å². The number of piperidine rings is 1. The number of amides is 2. The van der Waals surface area contributed by atoms with Crippen LogP contribution in [0, 0.1) is 0 Å². The molecule has 3 aliphatic rings. The molecular formula is C26H34Cl2FN9O2. The van der Waals surface area contributed by atoms with Crippen molar-refractivity contribution in [2.24, 2.45) is 0 Å². The fourth-order valence-corrected chi connectivity index (χ4v) is 6.07. The number of nitrogens with two attached hydrogens (primary N) is 2. The standard InChI is InChI=1S/C26H34Cl2FN9O2/c1-2-3-15-13-37(24-21(28)34-20(23(31)35-24)25(39)32-18-12-17(18)29)10-11-38(15)14-6-8-36(9-7-14)26(40)16-4-5-19(27)33-22(16)30/h4-5,14-15,17-18H,2-3,6-13H2,1H3,(H2,30,33)(H2,31,35)(H,32,39)/t15-,17-,18+/m0/s1. The average Bonchev–Trinajstić information content (AvgIpc) is 3.63. The number of alkyl halides is 1. The van der Waals surface area contributed by atoms with Crippen LogP contribution in [-0.4, -0.2) is 93.6 Å². The third kappa shape index (κ3) is 6.03. The first kappa shape index (κ1) is 28.6. The molecule has 2 amide bonds. The number of likely N-dealkylation sites (tertiary alicyclic amines) is 1. The summed E-state index contributed by atoms with van der Waals surface area (Å²) < 4.78 is 13.2. The minimum absolute atomic E-state index is 0.0315. The van der Waals surface area contributed by atoms with Crippen molar-refractivity contribution < 1.29 is 14.0 Å². The number of pyridine rings is 1. The van der Waals surface area contributed by atoms with Crippen molar-refractivity contribution in [1.29, 1.82) is 0 Å². The summed E-state index contributed by atoms with van der Waals surface area (Å²) in [6.07, 6.45) is 2.95. The molecule has 2 aliphatic heterocycles. The van der Waals surface area contributed by atoms with Gasteiger partial charge < -0.3 is 26.6 Å². The second kappa shape index (κ2) is 11.9. The van der Waals surface area contributed by atoms with Crippen LogP contribution in [0.3, 0.4) is 0 Å². The van der Waals surface area contributed by atoms with Crippen molar-refractivity contribution in [3.8, 4) is 0 Å². The lowest BCUT2D eigenvalue weighted by Crippen LogP contribution is -2.59. The van der Waals surface area contributed by atoms with Crippen LogP contribution in [0.25, 0.3) is 0 Å². The van der Waals surface area contributed by atoms with Crippen LogP contribution in [0.15, 0.2) is 12.1 Å². The molecule has 40 heavy (non-hydrogen) atoms. The maximum absolute atomic E-state index is 13.2. The Balaban J connectivity index is 1.22. The van der Waals surface area contributed by atoms with Gasteiger partial charge in [-0.15, -0.1) is 0 Å². The largest absolute Gasteiger partial charge is 0.383 e. The maximum Gasteiger partial charge on any atom is 0.274 e. The Hall–Kier alpha value is -2.96. The minimum atomic E-state index is -1.04. The summed E-state index contributed by atoms with van der Waals surface area (Å²) in [6.45, 7) is 5.56. The quantitative estimate of drug-likeness (QED) is 0.412. The number of anilines is 3. The van der Waals surface area contributed by atoms with Gasteiger partial charge in [0.25, 0.3) is 11.8 Å². The summed E-state index contributed by atoms with van der Waals surface area (Å²) >= 11 is 12.4. The third-order valence-corrected chi connectivity index (χ3v) is 8.36. The minimum Gasteiger partial charge on any atom is -0.383 e. The smallest absolute Gasteiger partial charge is 0.274 e. The van der Waals surface area contributed by atoms with E-state index in [-0.39, 0.29) is 46.0 Å². The summed E-state index contributed by atoms with van der Waals surface area (Å²) in [4.78, 5) is 44.6. The van der Waals surface area contributed by atoms with Gasteiger partial charge in [-0.05, 0) is 31.4 Å². The Morgan fingerprint density at radius 2 is 1.80 bits per heavy atom. The number of aromatic nitrogens is 3. The van der Waals surface area contributed by atoms with E-state index in [4.69, 9.17) is 34.7 Å². The van der Waals surface area contributed by atoms with Gasteiger partial charge in [-0.1, -0.05) is 36.5 Å². The number of nitrogens with one attached hydrogen (secondary N) is 1. The molecule has 3 fully saturated rings. The van der Waals surface area contributed by atoms with Crippen LogP contribution >= 0.6 is 23.2 Å². The van der Waals surface area contributed by atoms with Gasteiger partial charge in [0.05, 0.1) is 11.6 Å². The maximum atomic E-state index is 13.2. The second-order valence-corrected chi connectivity index (χ2v) is 11.4. The number of nitrogens with zero attached hydrogens (tertiary/aromatic N) is 6. The number of piperazine rings is 1. The number of rotatable bonds is 7. The van der Waals surface area contributed by atoms with Gasteiger partial charge in [-0.2, -0.15) is 0 Å². The Morgan fingerprint density at radius 3 is 2.45 bits per heavy atom. The number of hydrogen-bond acceptors (Lipinski definition) is 9. The van der Waals surface area contributed by atoms with Gasteiger partial charge in [0.15, 0.2) is 22.5 Å². The number of hydrogen-bond donors (Lipinski definition) is 3. The van der Waals surface area contributed by atoms with Gasteiger partial charge in [0.2, 0.25) is 0 Å². The molecule has 1 saturated carbocycles. The van der Waals surface area contributed by atoms with E-state index in [2.05, 4.69) is 37.0 Å². The SMILES string of the molecule is CCC[C@H]1CN(c2nc(N)c(C(=O)N[C@@H]3C[C@@H]3F)nc2Cl)CCN1C1CCN(C(=O)c2ccc(Cl)nc2N)CC1. The average molecular weight is 595 g/mol. The molecule has 3 atom stereocenters. The molecule has 14 heteroatoms. The van der Waals surface area contributed by atoms with E-state index in [1.54, 1.807) is 12.1 Å². The van der Waals surface area contributed by atoms with Crippen molar-refractivity contribution in [2.75, 3.05) is 49.1 Å². The first-order chi connectivity index (χ1) is 19.2. The molecule has 0 radical (unpaired) electrons. The Bertz CT molecular complexity index is 1280. The van der Waals surface area contributed by atoms with Gasteiger partial charge in [0, 0.05) is 51.2 Å². The Kier molecular flexibility index (Phi) is 8.48. The molecule has 1 aliphatic carbocycles. The van der Waals surface area contributed by atoms with Gasteiger partial charge >= 0.3 is 0 Å². The van der Waals surface area contributed by atoms with Crippen LogP contribution in [-0.2, 0) is 0 Å². The highest BCUT2D eigenvalue weighted by molar-refractivity contribution is 6.32. The lowest BCUT2D eigenvalue weighted by atomic mass is 9.97. The fraction of sp³-hybridized carbons (Fsp3) is 0.577. The molecule has 0 unspecified atom stereocenters. The molecule has 216 valence electrons. The topological polar surface area (TPSA) is 147 Å². The predicted molar refractivity (Wildman–Crippen MR) is 152 cm³/mol. The zero-order chi connectivity index (χ0) is 28.6. The first-order valence-corrected chi connectivity index (χ1v) is 14.4. The molecule has 4 heterocycles. The Labute approximate surface area is 242 Å². The zero-order valence-corrected chi connectivity index (χ0v) is 23.8. The molecule has 2 aromatic rings. The van der Waals surface area contributed by atoms with Crippen LogP contribution in [0.5, 0.6) is 0 Å². The number of carbonyl (C=O) groups excluding carboxylic acids is 2. The summed E-state index contributed by atoms with van der Waals surface area (Å²) in [5, 5.41) is 2.92. The molecule has 0 spiro atoms. The molecular weight excluding hydrogens is 560 g/mol. The number of nitrogen functional groups attached to an aromatic ring is 2. The van der Waals surface area contributed by atoms with Crippen molar-refractivity contribution in [2.45, 2.75) is 63.3 Å². The molecule has 5 N–H and O–H groups in total. The fourth-order valence-electron chi connectivity index (χ4n) is 5.67. The normalized spacial score (nSPS) is 23.8. The number of halogens is 3. The van der Waals surface area contributed by atoms with Crippen molar-refractivity contribution in [1.82, 2.24) is 30.1 Å². The Morgan fingerprint density at radius 1 is 1.07 bits per heavy atom. The predicted octanol–water partition coefficient (Wildman–Crippen LogP) is 2.78. The molecule has 0 bridgehead atoms. The van der Waals surface area contributed by atoms with Gasteiger partial charge in [-0.3, -0.25) is 14.5 Å². The summed E-state index contributed by atoms with van der Waals surface area (Å²) in [7, 11) is 0. The molecule has 2 aromatic heterocycles. The molecule has 2 saturated heterocycles. The van der Waals surface area contributed by atoms with Crippen LogP contribution in [0.4, 0.5) is 21.8 Å². The van der Waals surface area contributed by atoms with Crippen molar-refractivity contribution in [3.05, 3.63) is 33.7 Å². The summed E-state index contributed by atoms with van der Waals surface area (Å²) in [5.74, 6) is -0.139. The third-order valence-electron chi connectivity index (χ3n) is 7.90. The van der Waals surface area contributed by atoms with E-state index in [0.29, 0.717) is 43.6 Å². The zero-order valence-electron chi connectivity index (χ0n) is 22.3. The van der Waals surface area contributed by atoms with Crippen molar-refractivity contribution >= 4 is 52.5 Å². The van der Waals surface area contributed by atoms with Gasteiger partial charge in [-0.25, -0.2) is 19.3 Å². The molecule has 0 aromatic carbocycles. The second-order valence-electron chi connectivity index (χ2n) is 10.6. The van der Waals surface area contributed by atoms with Gasteiger partial charge in [0.1, 0.15) is 17.1 Å². The lowest BCUT2D eigenvalue weighted by Gasteiger charge is -2.48.